The molecule has 0 spiro atoms. The van der Waals surface area contributed by atoms with Crippen molar-refractivity contribution in [2.45, 2.75) is 12.5 Å². The minimum atomic E-state index is -0.125. The topological polar surface area (TPSA) is 69.8 Å². The van der Waals surface area contributed by atoms with Crippen molar-refractivity contribution in [1.82, 2.24) is 20.8 Å². The molecule has 2 aromatic rings. The molecule has 5 nitrogen and oxygen atoms in total. The van der Waals surface area contributed by atoms with E-state index >= 15 is 0 Å². The van der Waals surface area contributed by atoms with Crippen molar-refractivity contribution in [2.75, 3.05) is 13.1 Å². The molecule has 1 aliphatic heterocycles. The molecule has 3 rings (SSSR count). The SMILES string of the molecule is Cl.O=C(NC1CCNC1)c1[nH]nc(-c2ccccc2)c1Br. The van der Waals surface area contributed by atoms with E-state index < -0.39 is 0 Å². The first-order valence-corrected chi connectivity index (χ1v) is 7.36. The van der Waals surface area contributed by atoms with Crippen LogP contribution in [0.2, 0.25) is 0 Å². The standard InChI is InChI=1S/C14H15BrN4O.ClH/c15-11-12(9-4-2-1-3-5-9)18-19-13(11)14(20)17-10-6-7-16-8-10;/h1-5,10,16H,6-8H2,(H,17,20)(H,18,19);1H. The first kappa shape index (κ1) is 16.0. The number of hydrogen-bond donors (Lipinski definition) is 3. The zero-order valence-corrected chi connectivity index (χ0v) is 13.6. The summed E-state index contributed by atoms with van der Waals surface area (Å²) in [4.78, 5) is 12.2. The minimum Gasteiger partial charge on any atom is -0.347 e. The summed E-state index contributed by atoms with van der Waals surface area (Å²) in [6, 6.07) is 9.95. The molecule has 0 bridgehead atoms. The number of hydrogen-bond acceptors (Lipinski definition) is 3. The number of carbonyl (C=O) groups is 1. The summed E-state index contributed by atoms with van der Waals surface area (Å²) in [5.74, 6) is -0.125. The van der Waals surface area contributed by atoms with E-state index in [4.69, 9.17) is 0 Å². The van der Waals surface area contributed by atoms with Gasteiger partial charge in [-0.2, -0.15) is 5.10 Å². The van der Waals surface area contributed by atoms with Gasteiger partial charge in [0.05, 0.1) is 4.47 Å². The first-order valence-electron chi connectivity index (χ1n) is 6.56. The summed E-state index contributed by atoms with van der Waals surface area (Å²) in [5.41, 5.74) is 2.19. The summed E-state index contributed by atoms with van der Waals surface area (Å²) >= 11 is 3.47. The van der Waals surface area contributed by atoms with Crippen molar-refractivity contribution in [3.05, 3.63) is 40.5 Å². The highest BCUT2D eigenvalue weighted by atomic mass is 79.9. The van der Waals surface area contributed by atoms with Gasteiger partial charge in [-0.1, -0.05) is 30.3 Å². The van der Waals surface area contributed by atoms with E-state index in [9.17, 15) is 4.79 Å². The fraction of sp³-hybridized carbons (Fsp3) is 0.286. The molecule has 1 aromatic heterocycles. The Morgan fingerprint density at radius 1 is 1.33 bits per heavy atom. The maximum Gasteiger partial charge on any atom is 0.270 e. The number of amides is 1. The Morgan fingerprint density at radius 3 is 2.76 bits per heavy atom. The van der Waals surface area contributed by atoms with Crippen molar-refractivity contribution in [2.24, 2.45) is 0 Å². The van der Waals surface area contributed by atoms with Crippen LogP contribution in [0.4, 0.5) is 0 Å². The van der Waals surface area contributed by atoms with Crippen molar-refractivity contribution in [3.63, 3.8) is 0 Å². The Hall–Kier alpha value is -1.37. The van der Waals surface area contributed by atoms with E-state index in [0.717, 1.165) is 30.8 Å². The normalized spacial score (nSPS) is 17.3. The van der Waals surface area contributed by atoms with Crippen LogP contribution >= 0.6 is 28.3 Å². The molecule has 1 atom stereocenters. The second-order valence-corrected chi connectivity index (χ2v) is 5.58. The van der Waals surface area contributed by atoms with Crippen LogP contribution in [0.15, 0.2) is 34.8 Å². The van der Waals surface area contributed by atoms with Gasteiger partial charge in [0.15, 0.2) is 0 Å². The quantitative estimate of drug-likeness (QED) is 0.776. The third kappa shape index (κ3) is 3.45. The number of H-pyrrole nitrogens is 1. The number of benzene rings is 1. The summed E-state index contributed by atoms with van der Waals surface area (Å²) in [6.45, 7) is 1.77. The summed E-state index contributed by atoms with van der Waals surface area (Å²) in [7, 11) is 0. The zero-order chi connectivity index (χ0) is 13.9. The molecule has 7 heteroatoms. The Bertz CT molecular complexity index is 611. The highest BCUT2D eigenvalue weighted by Gasteiger charge is 2.22. The summed E-state index contributed by atoms with van der Waals surface area (Å²) in [5, 5.41) is 13.3. The molecular formula is C14H16BrClN4O. The smallest absolute Gasteiger partial charge is 0.270 e. The molecule has 0 aliphatic carbocycles. The van der Waals surface area contributed by atoms with Crippen LogP contribution < -0.4 is 10.6 Å². The third-order valence-electron chi connectivity index (χ3n) is 3.38. The van der Waals surface area contributed by atoms with Crippen molar-refractivity contribution < 1.29 is 4.79 Å². The van der Waals surface area contributed by atoms with Gasteiger partial charge in [0.25, 0.3) is 5.91 Å². The number of rotatable bonds is 3. The largest absolute Gasteiger partial charge is 0.347 e. The molecule has 1 unspecified atom stereocenters. The van der Waals surface area contributed by atoms with Crippen LogP contribution in [0.3, 0.4) is 0 Å². The molecule has 0 saturated carbocycles. The number of carbonyl (C=O) groups excluding carboxylic acids is 1. The third-order valence-corrected chi connectivity index (χ3v) is 4.15. The fourth-order valence-electron chi connectivity index (χ4n) is 2.30. The molecule has 2 heterocycles. The predicted octanol–water partition coefficient (Wildman–Crippen LogP) is 2.35. The van der Waals surface area contributed by atoms with E-state index in [1.165, 1.54) is 0 Å². The van der Waals surface area contributed by atoms with Gasteiger partial charge in [0, 0.05) is 18.2 Å². The molecule has 1 fully saturated rings. The molecule has 1 amide bonds. The Morgan fingerprint density at radius 2 is 2.10 bits per heavy atom. The van der Waals surface area contributed by atoms with E-state index in [0.29, 0.717) is 10.2 Å². The number of aromatic nitrogens is 2. The average molecular weight is 372 g/mol. The zero-order valence-electron chi connectivity index (χ0n) is 11.2. The van der Waals surface area contributed by atoms with Gasteiger partial charge in [0.1, 0.15) is 11.4 Å². The molecule has 1 aliphatic rings. The Kier molecular flexibility index (Phi) is 5.39. The molecule has 21 heavy (non-hydrogen) atoms. The molecular weight excluding hydrogens is 356 g/mol. The number of halogens is 2. The van der Waals surface area contributed by atoms with E-state index in [2.05, 4.69) is 36.8 Å². The lowest BCUT2D eigenvalue weighted by atomic mass is 10.1. The van der Waals surface area contributed by atoms with E-state index in [-0.39, 0.29) is 24.4 Å². The van der Waals surface area contributed by atoms with Gasteiger partial charge in [-0.3, -0.25) is 9.89 Å². The highest BCUT2D eigenvalue weighted by molar-refractivity contribution is 9.10. The minimum absolute atomic E-state index is 0. The van der Waals surface area contributed by atoms with Crippen LogP contribution in [0, 0.1) is 0 Å². The maximum absolute atomic E-state index is 12.2. The van der Waals surface area contributed by atoms with Crippen LogP contribution in [-0.4, -0.2) is 35.2 Å². The first-order chi connectivity index (χ1) is 9.75. The molecule has 112 valence electrons. The number of aromatic amines is 1. The predicted molar refractivity (Wildman–Crippen MR) is 87.7 cm³/mol. The van der Waals surface area contributed by atoms with Crippen LogP contribution in [0.5, 0.6) is 0 Å². The van der Waals surface area contributed by atoms with Crippen LogP contribution in [0.25, 0.3) is 11.3 Å². The monoisotopic (exact) mass is 370 g/mol. The van der Waals surface area contributed by atoms with Crippen molar-refractivity contribution in [3.8, 4) is 11.3 Å². The summed E-state index contributed by atoms with van der Waals surface area (Å²) in [6.07, 6.45) is 0.961. The van der Waals surface area contributed by atoms with Gasteiger partial charge < -0.3 is 10.6 Å². The van der Waals surface area contributed by atoms with Crippen molar-refractivity contribution >= 4 is 34.2 Å². The molecule has 0 radical (unpaired) electrons. The molecule has 1 saturated heterocycles. The van der Waals surface area contributed by atoms with Crippen molar-refractivity contribution in [1.29, 1.82) is 0 Å². The lowest BCUT2D eigenvalue weighted by molar-refractivity contribution is 0.0934. The number of nitrogens with one attached hydrogen (secondary N) is 3. The van der Waals surface area contributed by atoms with E-state index in [1.807, 2.05) is 30.3 Å². The lowest BCUT2D eigenvalue weighted by Crippen LogP contribution is -2.36. The molecule has 1 aromatic carbocycles. The average Bonchev–Trinajstić information content (AvgIpc) is 3.09. The molecule has 3 N–H and O–H groups in total. The maximum atomic E-state index is 12.2. The van der Waals surface area contributed by atoms with Gasteiger partial charge in [0.2, 0.25) is 0 Å². The second-order valence-electron chi connectivity index (χ2n) is 4.79. The van der Waals surface area contributed by atoms with Gasteiger partial charge in [-0.05, 0) is 28.9 Å². The summed E-state index contributed by atoms with van der Waals surface area (Å²) < 4.78 is 0.701. The fourth-order valence-corrected chi connectivity index (χ4v) is 2.89. The van der Waals surface area contributed by atoms with Gasteiger partial charge in [-0.15, -0.1) is 12.4 Å². The second kappa shape index (κ2) is 7.06. The Labute approximate surface area is 137 Å². The lowest BCUT2D eigenvalue weighted by Gasteiger charge is -2.10. The van der Waals surface area contributed by atoms with Crippen LogP contribution in [-0.2, 0) is 0 Å². The van der Waals surface area contributed by atoms with Crippen LogP contribution in [0.1, 0.15) is 16.9 Å². The Balaban J connectivity index is 0.00000161. The number of nitrogens with zero attached hydrogens (tertiary/aromatic N) is 1. The van der Waals surface area contributed by atoms with Gasteiger partial charge in [-0.25, -0.2) is 0 Å². The highest BCUT2D eigenvalue weighted by Crippen LogP contribution is 2.28. The van der Waals surface area contributed by atoms with E-state index in [1.54, 1.807) is 0 Å². The van der Waals surface area contributed by atoms with Gasteiger partial charge >= 0.3 is 0 Å².